The van der Waals surface area contributed by atoms with E-state index in [2.05, 4.69) is 10.3 Å². The zero-order valence-electron chi connectivity index (χ0n) is 15.3. The topological polar surface area (TPSA) is 56.2 Å². The molecule has 140 valence electrons. The average Bonchev–Trinajstić information content (AvgIpc) is 3.13. The number of hydrogen-bond acceptors (Lipinski definition) is 4. The molecule has 1 amide bonds. The van der Waals surface area contributed by atoms with E-state index in [0.717, 1.165) is 27.8 Å². The molecule has 0 spiro atoms. The van der Waals surface area contributed by atoms with Gasteiger partial charge in [-0.1, -0.05) is 29.4 Å². The summed E-state index contributed by atoms with van der Waals surface area (Å²) in [4.78, 5) is 17.0. The number of halogens is 1. The third-order valence-electron chi connectivity index (χ3n) is 4.13. The van der Waals surface area contributed by atoms with Crippen molar-refractivity contribution in [3.63, 3.8) is 0 Å². The maximum absolute atomic E-state index is 12.6. The Morgan fingerprint density at radius 1 is 1.26 bits per heavy atom. The van der Waals surface area contributed by atoms with Gasteiger partial charge in [0.1, 0.15) is 5.75 Å². The lowest BCUT2D eigenvalue weighted by Gasteiger charge is -2.15. The van der Waals surface area contributed by atoms with Gasteiger partial charge in [-0.25, -0.2) is 4.98 Å². The quantitative estimate of drug-likeness (QED) is 0.593. The van der Waals surface area contributed by atoms with Gasteiger partial charge in [-0.15, -0.1) is 0 Å². The summed E-state index contributed by atoms with van der Waals surface area (Å²) in [5.74, 6) is 0.687. The molecule has 0 aliphatic carbocycles. The lowest BCUT2D eigenvalue weighted by Crippen LogP contribution is -2.23. The highest BCUT2D eigenvalue weighted by atomic mass is 35.5. The average molecular weight is 402 g/mol. The van der Waals surface area contributed by atoms with Gasteiger partial charge in [0.25, 0.3) is 0 Å². The monoisotopic (exact) mass is 401 g/mol. The van der Waals surface area contributed by atoms with Crippen molar-refractivity contribution in [1.82, 2.24) is 9.55 Å². The third-order valence-corrected chi connectivity index (χ3v) is 5.62. The van der Waals surface area contributed by atoms with Gasteiger partial charge in [-0.3, -0.25) is 9.36 Å². The minimum atomic E-state index is -0.331. The summed E-state index contributed by atoms with van der Waals surface area (Å²) in [6.45, 7) is 3.74. The molecule has 0 aliphatic heterocycles. The number of rotatable bonds is 6. The molecule has 27 heavy (non-hydrogen) atoms. The number of hydrogen-bond donors (Lipinski definition) is 1. The molecule has 0 bridgehead atoms. The standard InChI is InChI=1S/C20H20ClN3O2S/c1-13-17(21)5-4-6-18(13)23-19(25)14(2)27-20-22-11-12-24(20)15-7-9-16(26-3)10-8-15/h4-12,14H,1-3H3,(H,23,25). The van der Waals surface area contributed by atoms with Crippen LogP contribution in [-0.4, -0.2) is 27.8 Å². The number of nitrogens with zero attached hydrogens (tertiary/aromatic N) is 2. The Balaban J connectivity index is 1.72. The molecule has 2 aromatic carbocycles. The summed E-state index contributed by atoms with van der Waals surface area (Å²) in [6.07, 6.45) is 3.59. The fourth-order valence-electron chi connectivity index (χ4n) is 2.51. The number of anilines is 1. The largest absolute Gasteiger partial charge is 0.497 e. The maximum Gasteiger partial charge on any atom is 0.237 e. The Labute approximate surface area is 167 Å². The highest BCUT2D eigenvalue weighted by Crippen LogP contribution is 2.28. The third kappa shape index (κ3) is 4.46. The zero-order chi connectivity index (χ0) is 19.4. The van der Waals surface area contributed by atoms with Crippen molar-refractivity contribution in [2.24, 2.45) is 0 Å². The molecule has 5 nitrogen and oxygen atoms in total. The second-order valence-corrected chi connectivity index (χ2v) is 7.65. The van der Waals surface area contributed by atoms with Gasteiger partial charge in [0, 0.05) is 28.8 Å². The molecule has 0 fully saturated rings. The Hall–Kier alpha value is -2.44. The number of ether oxygens (including phenoxy) is 1. The van der Waals surface area contributed by atoms with Crippen molar-refractivity contribution in [2.45, 2.75) is 24.3 Å². The molecule has 7 heteroatoms. The van der Waals surface area contributed by atoms with Gasteiger partial charge in [-0.05, 0) is 55.8 Å². The molecular formula is C20H20ClN3O2S. The molecular weight excluding hydrogens is 382 g/mol. The van der Waals surface area contributed by atoms with Crippen LogP contribution in [0, 0.1) is 6.92 Å². The molecule has 3 rings (SSSR count). The molecule has 1 atom stereocenters. The molecule has 0 aliphatic rings. The van der Waals surface area contributed by atoms with Gasteiger partial charge >= 0.3 is 0 Å². The first-order valence-electron chi connectivity index (χ1n) is 8.40. The number of aromatic nitrogens is 2. The lowest BCUT2D eigenvalue weighted by molar-refractivity contribution is -0.115. The number of amides is 1. The molecule has 1 heterocycles. The summed E-state index contributed by atoms with van der Waals surface area (Å²) in [5, 5.41) is 3.98. The van der Waals surface area contributed by atoms with E-state index in [0.29, 0.717) is 5.02 Å². The number of thioether (sulfide) groups is 1. The van der Waals surface area contributed by atoms with Gasteiger partial charge in [-0.2, -0.15) is 0 Å². The predicted molar refractivity (Wildman–Crippen MR) is 110 cm³/mol. The van der Waals surface area contributed by atoms with Gasteiger partial charge in [0.15, 0.2) is 5.16 Å². The van der Waals surface area contributed by atoms with Crippen molar-refractivity contribution in [3.8, 4) is 11.4 Å². The van der Waals surface area contributed by atoms with Crippen molar-refractivity contribution >= 4 is 35.0 Å². The molecule has 3 aromatic rings. The van der Waals surface area contributed by atoms with Crippen molar-refractivity contribution < 1.29 is 9.53 Å². The van der Waals surface area contributed by atoms with E-state index in [9.17, 15) is 4.79 Å². The summed E-state index contributed by atoms with van der Waals surface area (Å²) >= 11 is 7.52. The number of nitrogens with one attached hydrogen (secondary N) is 1. The normalized spacial score (nSPS) is 11.9. The lowest BCUT2D eigenvalue weighted by atomic mass is 10.2. The number of carbonyl (C=O) groups excluding carboxylic acids is 1. The summed E-state index contributed by atoms with van der Waals surface area (Å²) in [6, 6.07) is 13.1. The van der Waals surface area contributed by atoms with Crippen LogP contribution in [0.1, 0.15) is 12.5 Å². The predicted octanol–water partition coefficient (Wildman–Crippen LogP) is 4.96. The second kappa shape index (κ2) is 8.50. The summed E-state index contributed by atoms with van der Waals surface area (Å²) in [7, 11) is 1.63. The van der Waals surface area contributed by atoms with Gasteiger partial charge in [0.2, 0.25) is 5.91 Å². The van der Waals surface area contributed by atoms with E-state index in [4.69, 9.17) is 16.3 Å². The number of benzene rings is 2. The number of methoxy groups -OCH3 is 1. The highest BCUT2D eigenvalue weighted by molar-refractivity contribution is 8.00. The van der Waals surface area contributed by atoms with Crippen LogP contribution in [0.4, 0.5) is 5.69 Å². The van der Waals surface area contributed by atoms with Crippen molar-refractivity contribution in [1.29, 1.82) is 0 Å². The van der Waals surface area contributed by atoms with E-state index >= 15 is 0 Å². The number of carbonyl (C=O) groups is 1. The summed E-state index contributed by atoms with van der Waals surface area (Å²) < 4.78 is 7.14. The Kier molecular flexibility index (Phi) is 6.08. The van der Waals surface area contributed by atoms with Crippen molar-refractivity contribution in [2.75, 3.05) is 12.4 Å². The van der Waals surface area contributed by atoms with Gasteiger partial charge in [0.05, 0.1) is 12.4 Å². The fourth-order valence-corrected chi connectivity index (χ4v) is 3.56. The first-order chi connectivity index (χ1) is 13.0. The first kappa shape index (κ1) is 19.3. The van der Waals surface area contributed by atoms with Crippen LogP contribution in [0.2, 0.25) is 5.02 Å². The minimum Gasteiger partial charge on any atom is -0.497 e. The number of imidazole rings is 1. The zero-order valence-corrected chi connectivity index (χ0v) is 16.8. The highest BCUT2D eigenvalue weighted by Gasteiger charge is 2.19. The molecule has 0 saturated carbocycles. The first-order valence-corrected chi connectivity index (χ1v) is 9.65. The molecule has 1 unspecified atom stereocenters. The van der Waals surface area contributed by atoms with Crippen LogP contribution in [0.15, 0.2) is 60.0 Å². The van der Waals surface area contributed by atoms with Crippen LogP contribution in [0.5, 0.6) is 5.75 Å². The Morgan fingerprint density at radius 2 is 2.00 bits per heavy atom. The van der Waals surface area contributed by atoms with Crippen LogP contribution in [0.3, 0.4) is 0 Å². The van der Waals surface area contributed by atoms with Gasteiger partial charge < -0.3 is 10.1 Å². The second-order valence-electron chi connectivity index (χ2n) is 5.94. The minimum absolute atomic E-state index is 0.102. The molecule has 1 N–H and O–H groups in total. The smallest absolute Gasteiger partial charge is 0.237 e. The van der Waals surface area contributed by atoms with Crippen LogP contribution < -0.4 is 10.1 Å². The molecule has 1 aromatic heterocycles. The molecule has 0 radical (unpaired) electrons. The SMILES string of the molecule is COc1ccc(-n2ccnc2SC(C)C(=O)Nc2cccc(Cl)c2C)cc1. The van der Waals surface area contributed by atoms with E-state index < -0.39 is 0 Å². The van der Waals surface area contributed by atoms with Crippen LogP contribution in [-0.2, 0) is 4.79 Å². The fraction of sp³-hybridized carbons (Fsp3) is 0.200. The van der Waals surface area contributed by atoms with Crippen LogP contribution >= 0.6 is 23.4 Å². The summed E-state index contributed by atoms with van der Waals surface area (Å²) in [5.41, 5.74) is 2.52. The van der Waals surface area contributed by atoms with E-state index in [1.165, 1.54) is 11.8 Å². The van der Waals surface area contributed by atoms with E-state index in [-0.39, 0.29) is 11.2 Å². The van der Waals surface area contributed by atoms with Crippen molar-refractivity contribution in [3.05, 3.63) is 65.4 Å². The van der Waals surface area contributed by atoms with E-state index in [1.807, 2.05) is 61.0 Å². The maximum atomic E-state index is 12.6. The van der Waals surface area contributed by atoms with E-state index in [1.54, 1.807) is 19.4 Å². The molecule has 0 saturated heterocycles. The Bertz CT molecular complexity index is 941. The van der Waals surface area contributed by atoms with Crippen LogP contribution in [0.25, 0.3) is 5.69 Å². The Morgan fingerprint density at radius 3 is 2.70 bits per heavy atom.